The minimum atomic E-state index is -0.554. The highest BCUT2D eigenvalue weighted by Gasteiger charge is 2.21. The van der Waals surface area contributed by atoms with Crippen molar-refractivity contribution in [1.29, 1.82) is 0 Å². The van der Waals surface area contributed by atoms with E-state index in [2.05, 4.69) is 10.6 Å². The third-order valence-electron chi connectivity index (χ3n) is 4.94. The van der Waals surface area contributed by atoms with Gasteiger partial charge < -0.3 is 25.0 Å². The van der Waals surface area contributed by atoms with Gasteiger partial charge in [-0.2, -0.15) is 0 Å². The maximum atomic E-state index is 12.5. The Kier molecular flexibility index (Phi) is 8.43. The van der Waals surface area contributed by atoms with Crippen LogP contribution in [-0.4, -0.2) is 51.2 Å². The lowest BCUT2D eigenvalue weighted by atomic mass is 10.0. The van der Waals surface area contributed by atoms with Gasteiger partial charge in [-0.3, -0.25) is 0 Å². The van der Waals surface area contributed by atoms with Gasteiger partial charge >= 0.3 is 12.0 Å². The molecule has 33 heavy (non-hydrogen) atoms. The molecule has 3 aromatic rings. The number of likely N-dealkylation sites (N-methyl/N-ethyl adjacent to an activating group) is 1. The monoisotopic (exact) mass is 447 g/mol. The number of hydrogen-bond acceptors (Lipinski definition) is 5. The van der Waals surface area contributed by atoms with Crippen LogP contribution in [0.3, 0.4) is 0 Å². The highest BCUT2D eigenvalue weighted by atomic mass is 16.5. The lowest BCUT2D eigenvalue weighted by molar-refractivity contribution is 0.0594. The summed E-state index contributed by atoms with van der Waals surface area (Å²) in [5.41, 5.74) is 2.57. The van der Waals surface area contributed by atoms with Crippen molar-refractivity contribution in [2.75, 3.05) is 39.6 Å². The van der Waals surface area contributed by atoms with Crippen molar-refractivity contribution in [1.82, 2.24) is 10.2 Å². The molecule has 0 fully saturated rings. The Labute approximate surface area is 194 Å². The van der Waals surface area contributed by atoms with Crippen LogP contribution in [0.15, 0.2) is 78.9 Å². The van der Waals surface area contributed by atoms with Crippen molar-refractivity contribution in [3.63, 3.8) is 0 Å². The standard InChI is InChI=1S/C26H29N3O4/c1-29(2)17-16-27-26(31)28-21-14-15-23(22(18-21)25(30)32-3)33-24(19-10-6-4-7-11-19)20-12-8-5-9-13-20/h4-15,18,24H,16-17H2,1-3H3,(H2,27,28,31). The fourth-order valence-corrected chi connectivity index (χ4v) is 3.26. The number of carbonyl (C=O) groups excluding carboxylic acids is 2. The van der Waals surface area contributed by atoms with E-state index in [1.165, 1.54) is 7.11 Å². The maximum absolute atomic E-state index is 12.5. The van der Waals surface area contributed by atoms with E-state index in [0.29, 0.717) is 24.5 Å². The number of anilines is 1. The van der Waals surface area contributed by atoms with E-state index in [9.17, 15) is 9.59 Å². The molecule has 2 N–H and O–H groups in total. The average Bonchev–Trinajstić information content (AvgIpc) is 2.83. The summed E-state index contributed by atoms with van der Waals surface area (Å²) < 4.78 is 11.3. The molecular formula is C26H29N3O4. The number of urea groups is 1. The predicted octanol–water partition coefficient (Wildman–Crippen LogP) is 4.32. The van der Waals surface area contributed by atoms with E-state index in [0.717, 1.165) is 11.1 Å². The van der Waals surface area contributed by atoms with Crippen molar-refractivity contribution in [2.45, 2.75) is 6.10 Å². The first-order valence-electron chi connectivity index (χ1n) is 10.7. The molecule has 0 atom stereocenters. The van der Waals surface area contributed by atoms with E-state index in [4.69, 9.17) is 9.47 Å². The summed E-state index contributed by atoms with van der Waals surface area (Å²) in [6.45, 7) is 1.22. The molecule has 7 heteroatoms. The lowest BCUT2D eigenvalue weighted by Crippen LogP contribution is -2.34. The van der Waals surface area contributed by atoms with E-state index in [1.54, 1.807) is 18.2 Å². The van der Waals surface area contributed by atoms with Gasteiger partial charge in [0, 0.05) is 18.8 Å². The zero-order chi connectivity index (χ0) is 23.6. The van der Waals surface area contributed by atoms with Crippen molar-refractivity contribution >= 4 is 17.7 Å². The van der Waals surface area contributed by atoms with Crippen molar-refractivity contribution in [3.8, 4) is 5.75 Å². The number of nitrogens with zero attached hydrogens (tertiary/aromatic N) is 1. The van der Waals surface area contributed by atoms with Crippen molar-refractivity contribution in [2.24, 2.45) is 0 Å². The van der Waals surface area contributed by atoms with Crippen LogP contribution >= 0.6 is 0 Å². The second-order valence-electron chi connectivity index (χ2n) is 7.71. The van der Waals surface area contributed by atoms with Gasteiger partial charge in [-0.1, -0.05) is 60.7 Å². The Bertz CT molecular complexity index is 1020. The Balaban J connectivity index is 1.86. The summed E-state index contributed by atoms with van der Waals surface area (Å²) in [6, 6.07) is 24.1. The second-order valence-corrected chi connectivity index (χ2v) is 7.71. The van der Waals surface area contributed by atoms with Gasteiger partial charge in [0.25, 0.3) is 0 Å². The highest BCUT2D eigenvalue weighted by molar-refractivity contribution is 5.96. The summed E-state index contributed by atoms with van der Waals surface area (Å²) >= 11 is 0. The van der Waals surface area contributed by atoms with Crippen LogP contribution < -0.4 is 15.4 Å². The molecule has 3 aromatic carbocycles. The molecule has 2 amide bonds. The summed E-state index contributed by atoms with van der Waals surface area (Å²) in [7, 11) is 5.17. The van der Waals surface area contributed by atoms with Gasteiger partial charge in [-0.05, 0) is 43.4 Å². The van der Waals surface area contributed by atoms with Crippen LogP contribution in [0.2, 0.25) is 0 Å². The van der Waals surface area contributed by atoms with Crippen LogP contribution in [-0.2, 0) is 4.74 Å². The lowest BCUT2D eigenvalue weighted by Gasteiger charge is -2.22. The fraction of sp³-hybridized carbons (Fsp3) is 0.231. The number of ether oxygens (including phenoxy) is 2. The zero-order valence-electron chi connectivity index (χ0n) is 19.1. The molecule has 0 aromatic heterocycles. The Morgan fingerprint density at radius 1 is 0.909 bits per heavy atom. The molecule has 0 saturated heterocycles. The molecular weight excluding hydrogens is 418 g/mol. The summed E-state index contributed by atoms with van der Waals surface area (Å²) in [4.78, 5) is 26.7. The molecule has 0 spiro atoms. The molecule has 7 nitrogen and oxygen atoms in total. The molecule has 0 radical (unpaired) electrons. The average molecular weight is 448 g/mol. The highest BCUT2D eigenvalue weighted by Crippen LogP contribution is 2.32. The number of methoxy groups -OCH3 is 1. The molecule has 0 aliphatic rings. The number of nitrogens with one attached hydrogen (secondary N) is 2. The molecule has 0 unspecified atom stereocenters. The van der Waals surface area contributed by atoms with Gasteiger partial charge in [0.15, 0.2) is 0 Å². The molecule has 0 heterocycles. The van der Waals surface area contributed by atoms with Crippen LogP contribution in [0, 0.1) is 0 Å². The van der Waals surface area contributed by atoms with Crippen LogP contribution in [0.25, 0.3) is 0 Å². The summed E-state index contributed by atoms with van der Waals surface area (Å²) in [5.74, 6) is -0.195. The first kappa shape index (κ1) is 23.8. The smallest absolute Gasteiger partial charge is 0.341 e. The number of carbonyl (C=O) groups is 2. The minimum absolute atomic E-state index is 0.223. The number of benzene rings is 3. The predicted molar refractivity (Wildman–Crippen MR) is 129 cm³/mol. The SMILES string of the molecule is COC(=O)c1cc(NC(=O)NCCN(C)C)ccc1OC(c1ccccc1)c1ccccc1. The number of rotatable bonds is 9. The third-order valence-corrected chi connectivity index (χ3v) is 4.94. The first-order valence-corrected chi connectivity index (χ1v) is 10.7. The van der Waals surface area contributed by atoms with Crippen LogP contribution in [0.4, 0.5) is 10.5 Å². The van der Waals surface area contributed by atoms with E-state index in [-0.39, 0.29) is 11.6 Å². The molecule has 0 aliphatic carbocycles. The quantitative estimate of drug-likeness (QED) is 0.478. The molecule has 172 valence electrons. The van der Waals surface area contributed by atoms with Gasteiger partial charge in [-0.15, -0.1) is 0 Å². The summed E-state index contributed by atoms with van der Waals surface area (Å²) in [5, 5.41) is 5.52. The third kappa shape index (κ3) is 6.82. The van der Waals surface area contributed by atoms with E-state index in [1.807, 2.05) is 79.7 Å². The van der Waals surface area contributed by atoms with Gasteiger partial charge in [0.05, 0.1) is 7.11 Å². The van der Waals surface area contributed by atoms with E-state index < -0.39 is 12.1 Å². The number of amides is 2. The topological polar surface area (TPSA) is 79.9 Å². The van der Waals surface area contributed by atoms with Crippen LogP contribution in [0.5, 0.6) is 5.75 Å². The molecule has 0 saturated carbocycles. The first-order chi connectivity index (χ1) is 16.0. The molecule has 3 rings (SSSR count). The second kappa shape index (κ2) is 11.7. The molecule has 0 bridgehead atoms. The Hall–Kier alpha value is -3.84. The molecule has 0 aliphatic heterocycles. The number of hydrogen-bond donors (Lipinski definition) is 2. The van der Waals surface area contributed by atoms with E-state index >= 15 is 0 Å². The maximum Gasteiger partial charge on any atom is 0.341 e. The number of esters is 1. The van der Waals surface area contributed by atoms with Crippen molar-refractivity contribution < 1.29 is 19.1 Å². The Morgan fingerprint density at radius 3 is 2.06 bits per heavy atom. The van der Waals surface area contributed by atoms with Gasteiger partial charge in [-0.25, -0.2) is 9.59 Å². The minimum Gasteiger partial charge on any atom is -0.480 e. The largest absolute Gasteiger partial charge is 0.480 e. The fourth-order valence-electron chi connectivity index (χ4n) is 3.26. The Morgan fingerprint density at radius 2 is 1.52 bits per heavy atom. The summed E-state index contributed by atoms with van der Waals surface area (Å²) in [6.07, 6.45) is -0.427. The van der Waals surface area contributed by atoms with Crippen LogP contribution in [0.1, 0.15) is 27.6 Å². The van der Waals surface area contributed by atoms with Crippen molar-refractivity contribution in [3.05, 3.63) is 95.6 Å². The van der Waals surface area contributed by atoms with Gasteiger partial charge in [0.1, 0.15) is 17.4 Å². The zero-order valence-corrected chi connectivity index (χ0v) is 19.1. The normalized spacial score (nSPS) is 10.7. The van der Waals surface area contributed by atoms with Gasteiger partial charge in [0.2, 0.25) is 0 Å².